The van der Waals surface area contributed by atoms with Crippen molar-refractivity contribution in [3.05, 3.63) is 29.7 Å². The van der Waals surface area contributed by atoms with Crippen molar-refractivity contribution in [3.63, 3.8) is 0 Å². The highest BCUT2D eigenvalue weighted by Crippen LogP contribution is 2.12. The lowest BCUT2D eigenvalue weighted by Crippen LogP contribution is -1.81. The third-order valence-corrected chi connectivity index (χ3v) is 1.07. The highest BCUT2D eigenvalue weighted by molar-refractivity contribution is 5.37. The van der Waals surface area contributed by atoms with Crippen molar-refractivity contribution in [3.8, 4) is 5.75 Å². The van der Waals surface area contributed by atoms with Crippen LogP contribution in [0.1, 0.15) is 0 Å². The van der Waals surface area contributed by atoms with E-state index in [2.05, 4.69) is 9.83 Å². The van der Waals surface area contributed by atoms with E-state index in [0.717, 1.165) is 0 Å². The summed E-state index contributed by atoms with van der Waals surface area (Å²) in [5, 5.41) is 0. The summed E-state index contributed by atoms with van der Waals surface area (Å²) >= 11 is 0. The van der Waals surface area contributed by atoms with Gasteiger partial charge in [0, 0.05) is 0 Å². The average molecular weight is 134 g/mol. The Balaban J connectivity index is 2.93. The maximum Gasteiger partial charge on any atom is 0.269 e. The van der Waals surface area contributed by atoms with Crippen molar-refractivity contribution in [2.75, 3.05) is 7.11 Å². The van der Waals surface area contributed by atoms with Crippen LogP contribution < -0.4 is 4.74 Å². The Morgan fingerprint density at radius 3 is 2.80 bits per heavy atom. The van der Waals surface area contributed by atoms with Crippen LogP contribution in [-0.4, -0.2) is 12.1 Å². The minimum atomic E-state index is 0.390. The summed E-state index contributed by atoms with van der Waals surface area (Å²) in [6.45, 7) is 6.59. The molecule has 0 saturated heterocycles. The predicted octanol–water partition coefficient (Wildman–Crippen LogP) is 1.64. The molecule has 0 atom stereocenters. The van der Waals surface area contributed by atoms with Gasteiger partial charge in [0.05, 0.1) is 7.11 Å². The first-order chi connectivity index (χ1) is 4.86. The molecule has 0 aliphatic carbocycles. The van der Waals surface area contributed by atoms with Gasteiger partial charge < -0.3 is 9.58 Å². The minimum absolute atomic E-state index is 0.390. The predicted molar refractivity (Wildman–Crippen MR) is 37.1 cm³/mol. The van der Waals surface area contributed by atoms with E-state index >= 15 is 0 Å². The summed E-state index contributed by atoms with van der Waals surface area (Å²) in [5.41, 5.74) is 0. The zero-order valence-corrected chi connectivity index (χ0v) is 5.53. The molecule has 0 spiro atoms. The fraction of sp³-hybridized carbons (Fsp3) is 0.143. The summed E-state index contributed by atoms with van der Waals surface area (Å²) in [5.74, 6) is 1.06. The maximum atomic E-state index is 6.59. The van der Waals surface area contributed by atoms with Gasteiger partial charge in [-0.1, -0.05) is 6.57 Å². The molecule has 0 fully saturated rings. The van der Waals surface area contributed by atoms with Crippen molar-refractivity contribution in [2.45, 2.75) is 0 Å². The molecule has 0 bridgehead atoms. The van der Waals surface area contributed by atoms with Gasteiger partial charge in [0.25, 0.3) is 5.82 Å². The summed E-state index contributed by atoms with van der Waals surface area (Å²) in [6.07, 6.45) is 1.52. The molecule has 0 aliphatic rings. The van der Waals surface area contributed by atoms with Crippen LogP contribution in [0.3, 0.4) is 0 Å². The van der Waals surface area contributed by atoms with E-state index in [4.69, 9.17) is 11.3 Å². The van der Waals surface area contributed by atoms with E-state index in [-0.39, 0.29) is 0 Å². The average Bonchev–Trinajstić information content (AvgIpc) is 2.05. The van der Waals surface area contributed by atoms with Crippen molar-refractivity contribution in [1.29, 1.82) is 0 Å². The maximum absolute atomic E-state index is 6.59. The molecule has 0 saturated carbocycles. The molecule has 0 N–H and O–H groups in total. The first-order valence-corrected chi connectivity index (χ1v) is 2.74. The fourth-order valence-corrected chi connectivity index (χ4v) is 0.559. The van der Waals surface area contributed by atoms with E-state index in [1.165, 1.54) is 6.20 Å². The van der Waals surface area contributed by atoms with Crippen LogP contribution in [0.4, 0.5) is 5.82 Å². The van der Waals surface area contributed by atoms with Gasteiger partial charge in [-0.3, -0.25) is 0 Å². The van der Waals surface area contributed by atoms with Crippen LogP contribution in [0, 0.1) is 6.57 Å². The number of hydrogen-bond acceptors (Lipinski definition) is 2. The molecule has 1 heterocycles. The molecule has 0 amide bonds. The lowest BCUT2D eigenvalue weighted by molar-refractivity contribution is 0.413. The Labute approximate surface area is 59.1 Å². The topological polar surface area (TPSA) is 26.5 Å². The lowest BCUT2D eigenvalue weighted by atomic mass is 10.4. The van der Waals surface area contributed by atoms with E-state index in [1.54, 1.807) is 19.2 Å². The molecule has 50 valence electrons. The Morgan fingerprint density at radius 1 is 1.60 bits per heavy atom. The number of ether oxygens (including phenoxy) is 1. The van der Waals surface area contributed by atoms with Gasteiger partial charge in [-0.2, -0.15) is 0 Å². The third-order valence-electron chi connectivity index (χ3n) is 1.07. The second kappa shape index (κ2) is 2.83. The zero-order chi connectivity index (χ0) is 7.40. The lowest BCUT2D eigenvalue weighted by Gasteiger charge is -1.93. The summed E-state index contributed by atoms with van der Waals surface area (Å²) < 4.78 is 4.85. The standard InChI is InChI=1S/C7H6N2O/c1-8-7-4-3-6(10-2)5-9-7/h3-5H,2H3. The second-order valence-electron chi connectivity index (χ2n) is 1.67. The Hall–Kier alpha value is -1.56. The van der Waals surface area contributed by atoms with Gasteiger partial charge >= 0.3 is 0 Å². The molecule has 10 heavy (non-hydrogen) atoms. The highest BCUT2D eigenvalue weighted by Gasteiger charge is 1.93. The molecule has 0 unspecified atom stereocenters. The van der Waals surface area contributed by atoms with Crippen LogP contribution in [-0.2, 0) is 0 Å². The van der Waals surface area contributed by atoms with E-state index in [9.17, 15) is 0 Å². The zero-order valence-electron chi connectivity index (χ0n) is 5.53. The molecule has 3 heteroatoms. The van der Waals surface area contributed by atoms with Crippen molar-refractivity contribution >= 4 is 5.82 Å². The smallest absolute Gasteiger partial charge is 0.269 e. The molecular formula is C7H6N2O. The van der Waals surface area contributed by atoms with Crippen LogP contribution in [0.25, 0.3) is 4.85 Å². The number of pyridine rings is 1. The minimum Gasteiger partial charge on any atom is -0.493 e. The van der Waals surface area contributed by atoms with Gasteiger partial charge in [-0.05, 0) is 12.1 Å². The Morgan fingerprint density at radius 2 is 2.40 bits per heavy atom. The molecule has 0 aliphatic heterocycles. The van der Waals surface area contributed by atoms with Gasteiger partial charge in [0.1, 0.15) is 0 Å². The third kappa shape index (κ3) is 1.23. The van der Waals surface area contributed by atoms with E-state index in [1.807, 2.05) is 0 Å². The summed E-state index contributed by atoms with van der Waals surface area (Å²) in [4.78, 5) is 6.92. The largest absolute Gasteiger partial charge is 0.493 e. The molecule has 1 rings (SSSR count). The molecule has 3 nitrogen and oxygen atoms in total. The second-order valence-corrected chi connectivity index (χ2v) is 1.67. The van der Waals surface area contributed by atoms with Crippen LogP contribution in [0.2, 0.25) is 0 Å². The SMILES string of the molecule is [C-]#[N+]c1ccc(OC)cn1. The summed E-state index contributed by atoms with van der Waals surface area (Å²) in [7, 11) is 1.56. The van der Waals surface area contributed by atoms with Gasteiger partial charge in [-0.15, -0.1) is 4.98 Å². The summed E-state index contributed by atoms with van der Waals surface area (Å²) in [6, 6.07) is 3.33. The highest BCUT2D eigenvalue weighted by atomic mass is 16.5. The normalized spacial score (nSPS) is 8.40. The van der Waals surface area contributed by atoms with Crippen LogP contribution in [0.5, 0.6) is 5.75 Å². The number of methoxy groups -OCH3 is 1. The quantitative estimate of drug-likeness (QED) is 0.546. The van der Waals surface area contributed by atoms with Gasteiger partial charge in [0.15, 0.2) is 11.9 Å². The monoisotopic (exact) mass is 134 g/mol. The molecule has 1 aromatic heterocycles. The van der Waals surface area contributed by atoms with Gasteiger partial charge in [-0.25, -0.2) is 0 Å². The van der Waals surface area contributed by atoms with Crippen molar-refractivity contribution in [2.24, 2.45) is 0 Å². The number of aromatic nitrogens is 1. The Bertz CT molecular complexity index is 247. The van der Waals surface area contributed by atoms with Gasteiger partial charge in [0.2, 0.25) is 0 Å². The number of rotatable bonds is 1. The van der Waals surface area contributed by atoms with Crippen molar-refractivity contribution in [1.82, 2.24) is 4.98 Å². The first-order valence-electron chi connectivity index (χ1n) is 2.74. The first kappa shape index (κ1) is 6.56. The molecular weight excluding hydrogens is 128 g/mol. The fourth-order valence-electron chi connectivity index (χ4n) is 0.559. The number of nitrogens with zero attached hydrogens (tertiary/aromatic N) is 2. The van der Waals surface area contributed by atoms with Crippen LogP contribution >= 0.6 is 0 Å². The molecule has 0 aromatic carbocycles. The molecule has 0 radical (unpaired) electrons. The van der Waals surface area contributed by atoms with Crippen LogP contribution in [0.15, 0.2) is 18.3 Å². The Kier molecular flexibility index (Phi) is 1.86. The van der Waals surface area contributed by atoms with E-state index < -0.39 is 0 Å². The molecule has 1 aromatic rings. The van der Waals surface area contributed by atoms with E-state index in [0.29, 0.717) is 11.6 Å². The number of hydrogen-bond donors (Lipinski definition) is 0. The van der Waals surface area contributed by atoms with Crippen molar-refractivity contribution < 1.29 is 4.74 Å².